The molecule has 0 saturated carbocycles. The molecule has 2 aromatic rings. The molecule has 0 amide bonds. The fourth-order valence-electron chi connectivity index (χ4n) is 1.70. The summed E-state index contributed by atoms with van der Waals surface area (Å²) < 4.78 is 44.2. The summed E-state index contributed by atoms with van der Waals surface area (Å²) >= 11 is 2.85. The van der Waals surface area contributed by atoms with E-state index in [2.05, 4.69) is 25.7 Å². The van der Waals surface area contributed by atoms with Gasteiger partial charge in [0.25, 0.3) is 0 Å². The smallest absolute Gasteiger partial charge is 0.417 e. The van der Waals surface area contributed by atoms with Gasteiger partial charge in [-0.15, -0.1) is 0 Å². The average Bonchev–Trinajstić information content (AvgIpc) is 2.79. The molecule has 0 aliphatic heterocycles. The van der Waals surface area contributed by atoms with Crippen molar-refractivity contribution in [3.63, 3.8) is 0 Å². The number of carbonyl (C=O) groups is 1. The second-order valence-electron chi connectivity index (χ2n) is 4.00. The molecule has 2 N–H and O–H groups in total. The first-order valence-electron chi connectivity index (χ1n) is 5.54. The van der Waals surface area contributed by atoms with Crippen molar-refractivity contribution in [1.29, 1.82) is 0 Å². The highest BCUT2D eigenvalue weighted by atomic mass is 79.9. The second-order valence-corrected chi connectivity index (χ2v) is 4.86. The van der Waals surface area contributed by atoms with E-state index in [0.29, 0.717) is 0 Å². The topological polar surface area (TPSA) is 70.1 Å². The van der Waals surface area contributed by atoms with Gasteiger partial charge in [-0.05, 0) is 18.2 Å². The van der Waals surface area contributed by atoms with E-state index < -0.39 is 17.7 Å². The number of rotatable bonds is 2. The lowest BCUT2D eigenvalue weighted by atomic mass is 10.2. The SMILES string of the molecule is COC(=O)c1ncn(-c2ccc(Br)c(C(F)(F)F)c2)c1N. The number of imidazole rings is 1. The number of benzene rings is 1. The zero-order valence-electron chi connectivity index (χ0n) is 10.6. The fraction of sp³-hybridized carbons (Fsp3) is 0.167. The van der Waals surface area contributed by atoms with E-state index in [-0.39, 0.29) is 21.7 Å². The van der Waals surface area contributed by atoms with Crippen LogP contribution >= 0.6 is 15.9 Å². The van der Waals surface area contributed by atoms with Crippen LogP contribution in [0.25, 0.3) is 5.69 Å². The van der Waals surface area contributed by atoms with Crippen LogP contribution in [-0.4, -0.2) is 22.6 Å². The van der Waals surface area contributed by atoms with Crippen molar-refractivity contribution in [2.45, 2.75) is 6.18 Å². The summed E-state index contributed by atoms with van der Waals surface area (Å²) in [7, 11) is 1.15. The summed E-state index contributed by atoms with van der Waals surface area (Å²) in [6, 6.07) is 3.57. The number of esters is 1. The van der Waals surface area contributed by atoms with E-state index in [1.807, 2.05) is 0 Å². The van der Waals surface area contributed by atoms with Gasteiger partial charge in [-0.25, -0.2) is 9.78 Å². The van der Waals surface area contributed by atoms with Gasteiger partial charge in [0.2, 0.25) is 0 Å². The molecule has 2 rings (SSSR count). The third-order valence-electron chi connectivity index (χ3n) is 2.72. The van der Waals surface area contributed by atoms with Gasteiger partial charge < -0.3 is 10.5 Å². The van der Waals surface area contributed by atoms with Gasteiger partial charge >= 0.3 is 12.1 Å². The molecule has 9 heteroatoms. The Morgan fingerprint density at radius 3 is 2.67 bits per heavy atom. The molecule has 0 radical (unpaired) electrons. The zero-order valence-corrected chi connectivity index (χ0v) is 12.2. The van der Waals surface area contributed by atoms with Crippen molar-refractivity contribution in [3.8, 4) is 5.69 Å². The third kappa shape index (κ3) is 2.87. The number of anilines is 1. The van der Waals surface area contributed by atoms with Crippen LogP contribution in [0.15, 0.2) is 29.0 Å². The average molecular weight is 364 g/mol. The van der Waals surface area contributed by atoms with Crippen LogP contribution in [0.5, 0.6) is 0 Å². The number of hydrogen-bond donors (Lipinski definition) is 1. The Hall–Kier alpha value is -2.03. The maximum Gasteiger partial charge on any atom is 0.417 e. The molecule has 21 heavy (non-hydrogen) atoms. The Balaban J connectivity index is 2.54. The van der Waals surface area contributed by atoms with Crippen LogP contribution in [0.4, 0.5) is 19.0 Å². The van der Waals surface area contributed by atoms with Gasteiger partial charge in [0, 0.05) is 10.2 Å². The monoisotopic (exact) mass is 363 g/mol. The Bertz CT molecular complexity index is 698. The van der Waals surface area contributed by atoms with Gasteiger partial charge in [-0.2, -0.15) is 13.2 Å². The number of ether oxygens (including phenoxy) is 1. The minimum absolute atomic E-state index is 0.0920. The van der Waals surface area contributed by atoms with Crippen LogP contribution in [0, 0.1) is 0 Å². The van der Waals surface area contributed by atoms with E-state index in [1.165, 1.54) is 16.7 Å². The minimum Gasteiger partial charge on any atom is -0.464 e. The quantitative estimate of drug-likeness (QED) is 0.832. The molecule has 0 aliphatic carbocycles. The number of methoxy groups -OCH3 is 1. The molecular formula is C12H9BrF3N3O2. The Morgan fingerprint density at radius 2 is 2.10 bits per heavy atom. The maximum atomic E-state index is 12.9. The number of hydrogen-bond acceptors (Lipinski definition) is 4. The summed E-state index contributed by atoms with van der Waals surface area (Å²) in [5.74, 6) is -0.864. The lowest BCUT2D eigenvalue weighted by Crippen LogP contribution is -2.09. The van der Waals surface area contributed by atoms with Crippen LogP contribution < -0.4 is 5.73 Å². The largest absolute Gasteiger partial charge is 0.464 e. The van der Waals surface area contributed by atoms with Crippen molar-refractivity contribution in [1.82, 2.24) is 9.55 Å². The van der Waals surface area contributed by atoms with E-state index in [9.17, 15) is 18.0 Å². The summed E-state index contributed by atoms with van der Waals surface area (Å²) in [6.45, 7) is 0. The van der Waals surface area contributed by atoms with Gasteiger partial charge in [-0.3, -0.25) is 4.57 Å². The molecular weight excluding hydrogens is 355 g/mol. The summed E-state index contributed by atoms with van der Waals surface area (Å²) in [5, 5.41) is 0. The van der Waals surface area contributed by atoms with Gasteiger partial charge in [0.15, 0.2) is 5.69 Å². The van der Waals surface area contributed by atoms with E-state index in [0.717, 1.165) is 19.5 Å². The number of aromatic nitrogens is 2. The van der Waals surface area contributed by atoms with Crippen molar-refractivity contribution < 1.29 is 22.7 Å². The van der Waals surface area contributed by atoms with Gasteiger partial charge in [-0.1, -0.05) is 15.9 Å². The summed E-state index contributed by atoms with van der Waals surface area (Å²) in [6.07, 6.45) is -3.36. The molecule has 1 heterocycles. The number of nitrogens with two attached hydrogens (primary N) is 1. The van der Waals surface area contributed by atoms with Gasteiger partial charge in [0.1, 0.15) is 12.1 Å². The molecule has 0 atom stereocenters. The Morgan fingerprint density at radius 1 is 1.43 bits per heavy atom. The predicted molar refractivity (Wildman–Crippen MR) is 72.0 cm³/mol. The number of carbonyl (C=O) groups excluding carboxylic acids is 1. The molecule has 0 fully saturated rings. The van der Waals surface area contributed by atoms with Crippen molar-refractivity contribution in [2.75, 3.05) is 12.8 Å². The highest BCUT2D eigenvalue weighted by molar-refractivity contribution is 9.10. The molecule has 0 spiro atoms. The Kier molecular flexibility index (Phi) is 3.95. The molecule has 0 saturated heterocycles. The lowest BCUT2D eigenvalue weighted by Gasteiger charge is -2.12. The van der Waals surface area contributed by atoms with Crippen LogP contribution in [0.3, 0.4) is 0 Å². The highest BCUT2D eigenvalue weighted by Gasteiger charge is 2.33. The van der Waals surface area contributed by atoms with Crippen molar-refractivity contribution in [3.05, 3.63) is 40.3 Å². The fourth-order valence-corrected chi connectivity index (χ4v) is 2.17. The standard InChI is InChI=1S/C12H9BrF3N3O2/c1-21-11(20)9-10(17)19(5-18-9)6-2-3-8(13)7(4-6)12(14,15)16/h2-5H,17H2,1H3. The van der Waals surface area contributed by atoms with E-state index in [4.69, 9.17) is 5.73 Å². The second kappa shape index (κ2) is 5.40. The number of halogens is 4. The molecule has 112 valence electrons. The van der Waals surface area contributed by atoms with Crippen LogP contribution in [0.1, 0.15) is 16.1 Å². The van der Waals surface area contributed by atoms with Gasteiger partial charge in [0.05, 0.1) is 12.7 Å². The first-order valence-corrected chi connectivity index (χ1v) is 6.33. The zero-order chi connectivity index (χ0) is 15.8. The maximum absolute atomic E-state index is 12.9. The number of alkyl halides is 3. The van der Waals surface area contributed by atoms with Crippen LogP contribution in [0.2, 0.25) is 0 Å². The van der Waals surface area contributed by atoms with E-state index >= 15 is 0 Å². The molecule has 1 aromatic carbocycles. The molecule has 5 nitrogen and oxygen atoms in total. The highest BCUT2D eigenvalue weighted by Crippen LogP contribution is 2.36. The summed E-state index contributed by atoms with van der Waals surface area (Å²) in [4.78, 5) is 15.1. The number of nitrogens with zero attached hydrogens (tertiary/aromatic N) is 2. The van der Waals surface area contributed by atoms with Crippen molar-refractivity contribution >= 4 is 27.7 Å². The van der Waals surface area contributed by atoms with E-state index in [1.54, 1.807) is 0 Å². The first kappa shape index (κ1) is 15.4. The molecule has 0 aliphatic rings. The molecule has 0 bridgehead atoms. The Labute approximate surface area is 125 Å². The number of nitrogen functional groups attached to an aromatic ring is 1. The first-order chi connectivity index (χ1) is 9.75. The minimum atomic E-state index is -4.52. The molecule has 0 unspecified atom stereocenters. The lowest BCUT2D eigenvalue weighted by molar-refractivity contribution is -0.138. The third-order valence-corrected chi connectivity index (χ3v) is 3.41. The summed E-state index contributed by atoms with van der Waals surface area (Å²) in [5.41, 5.74) is 4.83. The van der Waals surface area contributed by atoms with Crippen molar-refractivity contribution in [2.24, 2.45) is 0 Å². The predicted octanol–water partition coefficient (Wildman–Crippen LogP) is 3.02. The normalized spacial score (nSPS) is 11.5. The van der Waals surface area contributed by atoms with Crippen LogP contribution in [-0.2, 0) is 10.9 Å². The molecule has 1 aromatic heterocycles.